The molecular weight excluding hydrogens is 382 g/mol. The van der Waals surface area contributed by atoms with Crippen molar-refractivity contribution in [3.63, 3.8) is 0 Å². The third-order valence-electron chi connectivity index (χ3n) is 4.46. The van der Waals surface area contributed by atoms with Gasteiger partial charge in [0.15, 0.2) is 0 Å². The third kappa shape index (κ3) is 3.37. The zero-order chi connectivity index (χ0) is 13.9. The summed E-state index contributed by atoms with van der Waals surface area (Å²) in [5, 5.41) is 0. The van der Waals surface area contributed by atoms with E-state index in [-0.39, 0.29) is 0 Å². The first-order valence-corrected chi connectivity index (χ1v) is 9.13. The second-order valence-electron chi connectivity index (χ2n) is 5.77. The molecule has 1 aromatic rings. The molecule has 0 aliphatic carbocycles. The molecule has 2 saturated heterocycles. The lowest BCUT2D eigenvalue weighted by Crippen LogP contribution is -2.47. The first-order valence-electron chi connectivity index (χ1n) is 7.54. The zero-order valence-electron chi connectivity index (χ0n) is 11.7. The van der Waals surface area contributed by atoms with Crippen LogP contribution in [0.3, 0.4) is 0 Å². The molecule has 0 bridgehead atoms. The van der Waals surface area contributed by atoms with Crippen LogP contribution >= 0.6 is 31.9 Å². The van der Waals surface area contributed by atoms with Gasteiger partial charge in [-0.2, -0.15) is 0 Å². The van der Waals surface area contributed by atoms with E-state index < -0.39 is 0 Å². The number of anilines is 1. The summed E-state index contributed by atoms with van der Waals surface area (Å²) in [6.45, 7) is 4.86. The summed E-state index contributed by atoms with van der Waals surface area (Å²) in [7, 11) is 0. The number of hydrogen-bond donors (Lipinski definition) is 0. The van der Waals surface area contributed by atoms with Crippen molar-refractivity contribution in [1.82, 2.24) is 9.88 Å². The fraction of sp³-hybridized carbons (Fsp3) is 0.667. The summed E-state index contributed by atoms with van der Waals surface area (Å²) in [4.78, 5) is 9.68. The van der Waals surface area contributed by atoms with Gasteiger partial charge in [-0.15, -0.1) is 0 Å². The Morgan fingerprint density at radius 2 is 1.70 bits per heavy atom. The third-order valence-corrected chi connectivity index (χ3v) is 5.48. The molecular formula is C15H21Br2N3. The quantitative estimate of drug-likeness (QED) is 0.743. The largest absolute Gasteiger partial charge is 0.356 e. The number of likely N-dealkylation sites (tertiary alicyclic amines) is 1. The van der Waals surface area contributed by atoms with Crippen LogP contribution in [0, 0.1) is 0 Å². The number of nitrogens with zero attached hydrogens (tertiary/aromatic N) is 3. The van der Waals surface area contributed by atoms with Gasteiger partial charge < -0.3 is 9.80 Å². The molecule has 1 aromatic heterocycles. The number of halogens is 2. The number of rotatable bonds is 2. The summed E-state index contributed by atoms with van der Waals surface area (Å²) >= 11 is 7.09. The van der Waals surface area contributed by atoms with Gasteiger partial charge in [0.1, 0.15) is 5.82 Å². The van der Waals surface area contributed by atoms with E-state index in [1.807, 2.05) is 6.20 Å². The Morgan fingerprint density at radius 1 is 1.00 bits per heavy atom. The summed E-state index contributed by atoms with van der Waals surface area (Å²) < 4.78 is 2.11. The highest BCUT2D eigenvalue weighted by Gasteiger charge is 2.26. The Bertz CT molecular complexity index is 452. The van der Waals surface area contributed by atoms with Crippen LogP contribution in [0.1, 0.15) is 32.1 Å². The number of hydrogen-bond acceptors (Lipinski definition) is 3. The maximum Gasteiger partial charge on any atom is 0.142 e. The van der Waals surface area contributed by atoms with Crippen molar-refractivity contribution in [3.05, 3.63) is 21.2 Å². The van der Waals surface area contributed by atoms with Gasteiger partial charge in [-0.05, 0) is 76.7 Å². The van der Waals surface area contributed by atoms with Crippen molar-refractivity contribution < 1.29 is 0 Å². The molecule has 2 fully saturated rings. The number of pyridine rings is 1. The van der Waals surface area contributed by atoms with Crippen molar-refractivity contribution in [2.24, 2.45) is 0 Å². The average molecular weight is 403 g/mol. The topological polar surface area (TPSA) is 19.4 Å². The van der Waals surface area contributed by atoms with Gasteiger partial charge >= 0.3 is 0 Å². The molecule has 110 valence electrons. The molecule has 2 aliphatic rings. The van der Waals surface area contributed by atoms with Gasteiger partial charge in [0.2, 0.25) is 0 Å². The van der Waals surface area contributed by atoms with Crippen LogP contribution in [0.5, 0.6) is 0 Å². The molecule has 0 N–H and O–H groups in total. The van der Waals surface area contributed by atoms with Crippen molar-refractivity contribution in [1.29, 1.82) is 0 Å². The van der Waals surface area contributed by atoms with Crippen LogP contribution in [-0.4, -0.2) is 42.1 Å². The minimum absolute atomic E-state index is 0.792. The lowest BCUT2D eigenvalue weighted by atomic mass is 10.00. The van der Waals surface area contributed by atoms with Crippen molar-refractivity contribution in [2.45, 2.75) is 38.1 Å². The van der Waals surface area contributed by atoms with Gasteiger partial charge in [0, 0.05) is 29.8 Å². The van der Waals surface area contributed by atoms with Crippen LogP contribution in [-0.2, 0) is 0 Å². The minimum atomic E-state index is 0.792. The van der Waals surface area contributed by atoms with Gasteiger partial charge in [-0.3, -0.25) is 0 Å². The van der Waals surface area contributed by atoms with Crippen LogP contribution in [0.4, 0.5) is 5.82 Å². The SMILES string of the molecule is Brc1cnc(N2CCC(N3CCCCC3)CC2)c(Br)c1. The van der Waals surface area contributed by atoms with E-state index in [0.717, 1.165) is 33.9 Å². The van der Waals surface area contributed by atoms with E-state index in [1.165, 1.54) is 45.2 Å². The Hall–Kier alpha value is -0.130. The van der Waals surface area contributed by atoms with Crippen molar-refractivity contribution >= 4 is 37.7 Å². The lowest BCUT2D eigenvalue weighted by Gasteiger charge is -2.40. The maximum absolute atomic E-state index is 4.56. The van der Waals surface area contributed by atoms with Crippen molar-refractivity contribution in [3.8, 4) is 0 Å². The second kappa shape index (κ2) is 6.75. The number of piperidine rings is 2. The van der Waals surface area contributed by atoms with Gasteiger partial charge in [0.05, 0.1) is 4.47 Å². The molecule has 0 unspecified atom stereocenters. The Morgan fingerprint density at radius 3 is 2.35 bits per heavy atom. The molecule has 0 amide bonds. The van der Waals surface area contributed by atoms with Gasteiger partial charge in [0.25, 0.3) is 0 Å². The molecule has 3 rings (SSSR count). The standard InChI is InChI=1S/C15H21Br2N3/c16-12-10-14(17)15(18-11-12)20-8-4-13(5-9-20)19-6-2-1-3-7-19/h10-11,13H,1-9H2. The summed E-state index contributed by atoms with van der Waals surface area (Å²) in [6.07, 6.45) is 8.62. The van der Waals surface area contributed by atoms with Crippen LogP contribution in [0.2, 0.25) is 0 Å². The van der Waals surface area contributed by atoms with E-state index in [1.54, 1.807) is 0 Å². The van der Waals surface area contributed by atoms with E-state index in [4.69, 9.17) is 0 Å². The first kappa shape index (κ1) is 14.8. The van der Waals surface area contributed by atoms with Crippen LogP contribution in [0.25, 0.3) is 0 Å². The molecule has 2 aliphatic heterocycles. The zero-order valence-corrected chi connectivity index (χ0v) is 14.9. The van der Waals surface area contributed by atoms with Crippen LogP contribution in [0.15, 0.2) is 21.2 Å². The predicted molar refractivity (Wildman–Crippen MR) is 90.3 cm³/mol. The number of aromatic nitrogens is 1. The molecule has 3 heterocycles. The fourth-order valence-corrected chi connectivity index (χ4v) is 4.60. The Balaban J connectivity index is 1.60. The molecule has 0 spiro atoms. The fourth-order valence-electron chi connectivity index (χ4n) is 3.37. The molecule has 0 saturated carbocycles. The Labute approximate surface area is 138 Å². The first-order chi connectivity index (χ1) is 9.74. The second-order valence-corrected chi connectivity index (χ2v) is 7.54. The summed E-state index contributed by atoms with van der Waals surface area (Å²) in [5.74, 6) is 1.09. The van der Waals surface area contributed by atoms with Gasteiger partial charge in [-0.1, -0.05) is 6.42 Å². The van der Waals surface area contributed by atoms with E-state index in [0.29, 0.717) is 0 Å². The normalized spacial score (nSPS) is 22.2. The van der Waals surface area contributed by atoms with E-state index >= 15 is 0 Å². The predicted octanol–water partition coefficient (Wildman–Crippen LogP) is 4.06. The average Bonchev–Trinajstić information content (AvgIpc) is 2.48. The van der Waals surface area contributed by atoms with E-state index in [2.05, 4.69) is 52.7 Å². The monoisotopic (exact) mass is 401 g/mol. The van der Waals surface area contributed by atoms with Crippen molar-refractivity contribution in [2.75, 3.05) is 31.1 Å². The molecule has 20 heavy (non-hydrogen) atoms. The molecule has 0 aromatic carbocycles. The van der Waals surface area contributed by atoms with Gasteiger partial charge in [-0.25, -0.2) is 4.98 Å². The summed E-state index contributed by atoms with van der Waals surface area (Å²) in [5.41, 5.74) is 0. The lowest BCUT2D eigenvalue weighted by molar-refractivity contribution is 0.141. The minimum Gasteiger partial charge on any atom is -0.356 e. The smallest absolute Gasteiger partial charge is 0.142 e. The highest BCUT2D eigenvalue weighted by Crippen LogP contribution is 2.30. The molecule has 3 nitrogen and oxygen atoms in total. The molecule has 0 atom stereocenters. The molecule has 5 heteroatoms. The highest BCUT2D eigenvalue weighted by atomic mass is 79.9. The molecule has 0 radical (unpaired) electrons. The maximum atomic E-state index is 4.56. The Kier molecular flexibility index (Phi) is 5.00. The highest BCUT2D eigenvalue weighted by molar-refractivity contribution is 9.11. The van der Waals surface area contributed by atoms with Crippen LogP contribution < -0.4 is 4.90 Å². The summed E-state index contributed by atoms with van der Waals surface area (Å²) in [6, 6.07) is 2.87. The van der Waals surface area contributed by atoms with E-state index in [9.17, 15) is 0 Å².